The van der Waals surface area contributed by atoms with Crippen LogP contribution in [0, 0.1) is 20.8 Å². The second-order valence-electron chi connectivity index (χ2n) is 6.70. The molecule has 1 aliphatic rings. The van der Waals surface area contributed by atoms with E-state index in [2.05, 4.69) is 5.10 Å². The van der Waals surface area contributed by atoms with Gasteiger partial charge in [-0.15, -0.1) is 0 Å². The minimum absolute atomic E-state index is 0.301. The van der Waals surface area contributed by atoms with E-state index in [1.165, 1.54) is 4.31 Å². The van der Waals surface area contributed by atoms with Crippen LogP contribution >= 0.6 is 0 Å². The molecule has 0 fully saturated rings. The zero-order valence-electron chi connectivity index (χ0n) is 15.1. The molecule has 0 N–H and O–H groups in total. The number of aryl methyl sites for hydroxylation is 2. The SMILES string of the molecule is Cc1ccc(-n2nc(C)c(S(=O)(=O)N3CCc4ccccc43)c2C)cc1. The maximum atomic E-state index is 13.4. The molecule has 1 aliphatic heterocycles. The van der Waals surface area contributed by atoms with E-state index < -0.39 is 10.0 Å². The number of sulfonamides is 1. The Bertz CT molecular complexity index is 1080. The highest BCUT2D eigenvalue weighted by Crippen LogP contribution is 2.35. The highest BCUT2D eigenvalue weighted by atomic mass is 32.2. The largest absolute Gasteiger partial charge is 0.268 e. The molecular formula is C20H21N3O2S. The summed E-state index contributed by atoms with van der Waals surface area (Å²) in [7, 11) is -3.66. The van der Waals surface area contributed by atoms with Crippen LogP contribution in [0.2, 0.25) is 0 Å². The molecule has 1 aromatic heterocycles. The number of para-hydroxylation sites is 1. The van der Waals surface area contributed by atoms with E-state index in [0.717, 1.165) is 28.9 Å². The van der Waals surface area contributed by atoms with Crippen LogP contribution in [0.4, 0.5) is 5.69 Å². The lowest BCUT2D eigenvalue weighted by Crippen LogP contribution is -2.30. The van der Waals surface area contributed by atoms with Gasteiger partial charge in [0.15, 0.2) is 0 Å². The highest BCUT2D eigenvalue weighted by Gasteiger charge is 2.35. The number of benzene rings is 2. The van der Waals surface area contributed by atoms with E-state index in [0.29, 0.717) is 22.8 Å². The molecule has 0 atom stereocenters. The lowest BCUT2D eigenvalue weighted by Gasteiger charge is -2.19. The minimum Gasteiger partial charge on any atom is -0.266 e. The van der Waals surface area contributed by atoms with Gasteiger partial charge in [-0.1, -0.05) is 35.9 Å². The second-order valence-corrected chi connectivity index (χ2v) is 8.50. The van der Waals surface area contributed by atoms with Crippen LogP contribution in [0.15, 0.2) is 53.4 Å². The van der Waals surface area contributed by atoms with Gasteiger partial charge in [0.25, 0.3) is 10.0 Å². The first-order chi connectivity index (χ1) is 12.4. The zero-order valence-corrected chi connectivity index (χ0v) is 15.9. The molecule has 0 bridgehead atoms. The molecule has 3 aromatic rings. The Balaban J connectivity index is 1.82. The molecule has 2 heterocycles. The standard InChI is InChI=1S/C20H21N3O2S/c1-14-8-10-18(11-9-14)23-16(3)20(15(2)21-23)26(24,25)22-13-12-17-6-4-5-7-19(17)22/h4-11H,12-13H2,1-3H3. The Morgan fingerprint density at radius 3 is 2.38 bits per heavy atom. The van der Waals surface area contributed by atoms with Crippen LogP contribution in [-0.4, -0.2) is 24.7 Å². The average molecular weight is 367 g/mol. The lowest BCUT2D eigenvalue weighted by molar-refractivity contribution is 0.591. The topological polar surface area (TPSA) is 55.2 Å². The minimum atomic E-state index is -3.66. The lowest BCUT2D eigenvalue weighted by atomic mass is 10.2. The van der Waals surface area contributed by atoms with Crippen molar-refractivity contribution < 1.29 is 8.42 Å². The first-order valence-electron chi connectivity index (χ1n) is 8.63. The Kier molecular flexibility index (Phi) is 3.88. The quantitative estimate of drug-likeness (QED) is 0.711. The number of rotatable bonds is 3. The summed E-state index contributed by atoms with van der Waals surface area (Å²) in [4.78, 5) is 0.301. The van der Waals surface area contributed by atoms with Crippen molar-refractivity contribution in [3.05, 3.63) is 71.0 Å². The number of hydrogen-bond acceptors (Lipinski definition) is 3. The van der Waals surface area contributed by atoms with Gasteiger partial charge in [-0.05, 0) is 51.0 Å². The molecule has 6 heteroatoms. The van der Waals surface area contributed by atoms with E-state index in [4.69, 9.17) is 0 Å². The summed E-state index contributed by atoms with van der Waals surface area (Å²) < 4.78 is 30.0. The van der Waals surface area contributed by atoms with E-state index in [9.17, 15) is 8.42 Å². The Morgan fingerprint density at radius 2 is 1.65 bits per heavy atom. The molecule has 0 spiro atoms. The van der Waals surface area contributed by atoms with Gasteiger partial charge in [-0.2, -0.15) is 5.10 Å². The maximum absolute atomic E-state index is 13.4. The summed E-state index contributed by atoms with van der Waals surface area (Å²) in [6.07, 6.45) is 0.736. The molecule has 0 amide bonds. The van der Waals surface area contributed by atoms with Crippen molar-refractivity contribution >= 4 is 15.7 Å². The molecule has 0 saturated carbocycles. The fraction of sp³-hybridized carbons (Fsp3) is 0.250. The maximum Gasteiger partial charge on any atom is 0.268 e. The molecule has 2 aromatic carbocycles. The molecule has 26 heavy (non-hydrogen) atoms. The van der Waals surface area contributed by atoms with Gasteiger partial charge in [0.2, 0.25) is 0 Å². The normalized spacial score (nSPS) is 13.9. The van der Waals surface area contributed by atoms with Crippen molar-refractivity contribution in [2.24, 2.45) is 0 Å². The summed E-state index contributed by atoms with van der Waals surface area (Å²) in [5.74, 6) is 0. The summed E-state index contributed by atoms with van der Waals surface area (Å²) >= 11 is 0. The first-order valence-corrected chi connectivity index (χ1v) is 10.1. The Morgan fingerprint density at radius 1 is 0.962 bits per heavy atom. The van der Waals surface area contributed by atoms with Crippen LogP contribution in [0.25, 0.3) is 5.69 Å². The van der Waals surface area contributed by atoms with E-state index >= 15 is 0 Å². The molecule has 134 valence electrons. The molecule has 5 nitrogen and oxygen atoms in total. The van der Waals surface area contributed by atoms with Crippen molar-refractivity contribution in [1.82, 2.24) is 9.78 Å². The van der Waals surface area contributed by atoms with Crippen molar-refractivity contribution in [2.45, 2.75) is 32.1 Å². The third kappa shape index (κ3) is 2.52. The highest BCUT2D eigenvalue weighted by molar-refractivity contribution is 7.93. The fourth-order valence-electron chi connectivity index (χ4n) is 3.61. The van der Waals surface area contributed by atoms with Crippen molar-refractivity contribution in [2.75, 3.05) is 10.8 Å². The Labute approximate surface area is 153 Å². The van der Waals surface area contributed by atoms with Crippen molar-refractivity contribution in [3.63, 3.8) is 0 Å². The van der Waals surface area contributed by atoms with Gasteiger partial charge in [-0.25, -0.2) is 13.1 Å². The second kappa shape index (κ2) is 5.99. The predicted molar refractivity (Wildman–Crippen MR) is 102 cm³/mol. The van der Waals surface area contributed by atoms with E-state index in [1.54, 1.807) is 11.6 Å². The number of fused-ring (bicyclic) bond motifs is 1. The molecule has 4 rings (SSSR count). The monoisotopic (exact) mass is 367 g/mol. The van der Waals surface area contributed by atoms with Gasteiger partial charge in [0.05, 0.1) is 22.8 Å². The molecular weight excluding hydrogens is 346 g/mol. The van der Waals surface area contributed by atoms with Crippen LogP contribution in [0.3, 0.4) is 0 Å². The number of aromatic nitrogens is 2. The van der Waals surface area contributed by atoms with Crippen molar-refractivity contribution in [1.29, 1.82) is 0 Å². The molecule has 0 aliphatic carbocycles. The van der Waals surface area contributed by atoms with Gasteiger partial charge in [0, 0.05) is 6.54 Å². The predicted octanol–water partition coefficient (Wildman–Crippen LogP) is 3.55. The van der Waals surface area contributed by atoms with Crippen LogP contribution < -0.4 is 4.31 Å². The van der Waals surface area contributed by atoms with Gasteiger partial charge in [0.1, 0.15) is 4.90 Å². The van der Waals surface area contributed by atoms with Gasteiger partial charge >= 0.3 is 0 Å². The van der Waals surface area contributed by atoms with Crippen LogP contribution in [-0.2, 0) is 16.4 Å². The van der Waals surface area contributed by atoms with Crippen LogP contribution in [0.5, 0.6) is 0 Å². The van der Waals surface area contributed by atoms with Gasteiger partial charge < -0.3 is 0 Å². The van der Waals surface area contributed by atoms with Gasteiger partial charge in [-0.3, -0.25) is 4.31 Å². The number of anilines is 1. The summed E-state index contributed by atoms with van der Waals surface area (Å²) in [6, 6.07) is 15.6. The van der Waals surface area contributed by atoms with Crippen LogP contribution in [0.1, 0.15) is 22.5 Å². The first kappa shape index (κ1) is 16.8. The molecule has 0 unspecified atom stereocenters. The summed E-state index contributed by atoms with van der Waals surface area (Å²) in [6.45, 7) is 6.06. The third-order valence-corrected chi connectivity index (χ3v) is 6.96. The fourth-order valence-corrected chi connectivity index (χ4v) is 5.47. The average Bonchev–Trinajstić information content (AvgIpc) is 3.17. The van der Waals surface area contributed by atoms with Crippen molar-refractivity contribution in [3.8, 4) is 5.69 Å². The zero-order chi connectivity index (χ0) is 18.5. The smallest absolute Gasteiger partial charge is 0.266 e. The Hall–Kier alpha value is -2.60. The summed E-state index contributed by atoms with van der Waals surface area (Å²) in [5, 5.41) is 4.51. The third-order valence-electron chi connectivity index (χ3n) is 4.90. The van der Waals surface area contributed by atoms with E-state index in [-0.39, 0.29) is 0 Å². The molecule has 0 radical (unpaired) electrons. The number of hydrogen-bond donors (Lipinski definition) is 0. The number of nitrogens with zero attached hydrogens (tertiary/aromatic N) is 3. The summed E-state index contributed by atoms with van der Waals surface area (Å²) in [5.41, 5.74) is 5.01. The molecule has 0 saturated heterocycles. The van der Waals surface area contributed by atoms with E-state index in [1.807, 2.05) is 62.4 Å².